The first kappa shape index (κ1) is 19.8. The van der Waals surface area contributed by atoms with Crippen molar-refractivity contribution in [3.05, 3.63) is 17.5 Å². The normalized spacial score (nSPS) is 18.1. The fraction of sp³-hybridized carbons (Fsp3) is 0.600. The van der Waals surface area contributed by atoms with E-state index in [1.165, 1.54) is 15.6 Å². The first-order chi connectivity index (χ1) is 11.7. The smallest absolute Gasteiger partial charge is 0.321 e. The molecule has 0 radical (unpaired) electrons. The number of piperazine rings is 1. The Hall–Kier alpha value is -1.49. The summed E-state index contributed by atoms with van der Waals surface area (Å²) in [5.74, 6) is -0.396. The first-order valence-corrected chi connectivity index (χ1v) is 10.4. The molecule has 2 rings (SSSR count). The molecule has 8 nitrogen and oxygen atoms in total. The maximum Gasteiger partial charge on any atom is 0.321 e. The monoisotopic (exact) mass is 388 g/mol. The van der Waals surface area contributed by atoms with Crippen LogP contribution in [-0.4, -0.2) is 67.8 Å². The summed E-state index contributed by atoms with van der Waals surface area (Å²) in [6, 6.07) is 2.21. The molecular weight excluding hydrogens is 364 g/mol. The van der Waals surface area contributed by atoms with Gasteiger partial charge in [0.2, 0.25) is 5.91 Å². The molecule has 0 saturated carbocycles. The zero-order valence-corrected chi connectivity index (χ0v) is 16.2. The van der Waals surface area contributed by atoms with Gasteiger partial charge in [-0.3, -0.25) is 15.0 Å². The van der Waals surface area contributed by atoms with Gasteiger partial charge in [-0.05, 0) is 32.2 Å². The molecule has 0 aromatic carbocycles. The van der Waals surface area contributed by atoms with Crippen molar-refractivity contribution in [2.45, 2.75) is 37.1 Å². The van der Waals surface area contributed by atoms with Crippen LogP contribution in [0, 0.1) is 0 Å². The van der Waals surface area contributed by atoms with Crippen molar-refractivity contribution in [1.82, 2.24) is 19.8 Å². The van der Waals surface area contributed by atoms with Crippen molar-refractivity contribution in [2.75, 3.05) is 26.2 Å². The zero-order chi connectivity index (χ0) is 18.6. The van der Waals surface area contributed by atoms with E-state index in [1.807, 2.05) is 4.90 Å². The van der Waals surface area contributed by atoms with E-state index in [-0.39, 0.29) is 6.04 Å². The second kappa shape index (κ2) is 8.26. The summed E-state index contributed by atoms with van der Waals surface area (Å²) in [5.41, 5.74) is 0. The highest BCUT2D eigenvalue weighted by molar-refractivity contribution is 7.91. The molecule has 1 aliphatic rings. The summed E-state index contributed by atoms with van der Waals surface area (Å²) < 4.78 is 26.8. The zero-order valence-electron chi connectivity index (χ0n) is 14.6. The summed E-state index contributed by atoms with van der Waals surface area (Å²) in [6.45, 7) is 6.82. The van der Waals surface area contributed by atoms with Gasteiger partial charge >= 0.3 is 6.03 Å². The molecule has 1 saturated heterocycles. The highest BCUT2D eigenvalue weighted by Crippen LogP contribution is 2.22. The van der Waals surface area contributed by atoms with Crippen LogP contribution in [0.2, 0.25) is 0 Å². The second-order valence-electron chi connectivity index (χ2n) is 6.17. The van der Waals surface area contributed by atoms with E-state index in [0.29, 0.717) is 30.4 Å². The molecule has 1 aliphatic heterocycles. The van der Waals surface area contributed by atoms with E-state index in [4.69, 9.17) is 0 Å². The van der Waals surface area contributed by atoms with E-state index in [9.17, 15) is 18.0 Å². The number of imide groups is 1. The number of nitrogens with zero attached hydrogens (tertiary/aromatic N) is 2. The lowest BCUT2D eigenvalue weighted by Crippen LogP contribution is -2.56. The molecule has 140 valence electrons. The van der Waals surface area contributed by atoms with Gasteiger partial charge in [-0.2, -0.15) is 4.31 Å². The third-order valence-electron chi connectivity index (χ3n) is 3.95. The molecule has 10 heteroatoms. The van der Waals surface area contributed by atoms with Crippen LogP contribution >= 0.6 is 11.3 Å². The van der Waals surface area contributed by atoms with E-state index < -0.39 is 28.0 Å². The molecule has 3 amide bonds. The number of thiophene rings is 1. The van der Waals surface area contributed by atoms with E-state index in [0.717, 1.165) is 0 Å². The fourth-order valence-corrected chi connectivity index (χ4v) is 5.12. The van der Waals surface area contributed by atoms with Crippen LogP contribution in [-0.2, 0) is 14.8 Å². The van der Waals surface area contributed by atoms with Crippen molar-refractivity contribution in [1.29, 1.82) is 0 Å². The highest BCUT2D eigenvalue weighted by atomic mass is 32.2. The molecule has 1 aromatic heterocycles. The van der Waals surface area contributed by atoms with Gasteiger partial charge in [0.25, 0.3) is 10.0 Å². The largest absolute Gasteiger partial charge is 0.336 e. The third kappa shape index (κ3) is 5.00. The quantitative estimate of drug-likeness (QED) is 0.773. The molecule has 1 fully saturated rings. The topological polar surface area (TPSA) is 98.8 Å². The number of carbonyl (C=O) groups is 2. The van der Waals surface area contributed by atoms with Gasteiger partial charge in [0.1, 0.15) is 4.21 Å². The van der Waals surface area contributed by atoms with Crippen molar-refractivity contribution in [3.63, 3.8) is 0 Å². The van der Waals surface area contributed by atoms with E-state index in [2.05, 4.69) is 10.6 Å². The van der Waals surface area contributed by atoms with Gasteiger partial charge in [-0.25, -0.2) is 13.2 Å². The van der Waals surface area contributed by atoms with Gasteiger partial charge < -0.3 is 5.32 Å². The Morgan fingerprint density at radius 2 is 1.80 bits per heavy atom. The summed E-state index contributed by atoms with van der Waals surface area (Å²) in [7, 11) is -3.46. The third-order valence-corrected chi connectivity index (χ3v) is 7.22. The predicted molar refractivity (Wildman–Crippen MR) is 95.9 cm³/mol. The molecule has 0 bridgehead atoms. The number of rotatable bonds is 5. The molecule has 25 heavy (non-hydrogen) atoms. The summed E-state index contributed by atoms with van der Waals surface area (Å²) in [5, 5.41) is 6.64. The highest BCUT2D eigenvalue weighted by Gasteiger charge is 2.32. The SMILES string of the molecule is CC(C)NC(=O)NC(=O)[C@@H](C)N1CCN(S(=O)(=O)c2cccs2)CC1. The average molecular weight is 389 g/mol. The van der Waals surface area contributed by atoms with Crippen LogP contribution in [0.4, 0.5) is 4.79 Å². The Labute approximate surface area is 152 Å². The number of amides is 3. The number of urea groups is 1. The fourth-order valence-electron chi connectivity index (χ4n) is 2.55. The average Bonchev–Trinajstić information content (AvgIpc) is 3.08. The lowest BCUT2D eigenvalue weighted by molar-refractivity contribution is -0.125. The molecular formula is C15H24N4O4S2. The molecule has 0 aliphatic carbocycles. The molecule has 2 N–H and O–H groups in total. The van der Waals surface area contributed by atoms with E-state index in [1.54, 1.807) is 38.3 Å². The van der Waals surface area contributed by atoms with E-state index >= 15 is 0 Å². The lowest BCUT2D eigenvalue weighted by Gasteiger charge is -2.36. The van der Waals surface area contributed by atoms with Crippen molar-refractivity contribution < 1.29 is 18.0 Å². The van der Waals surface area contributed by atoms with Crippen LogP contribution in [0.25, 0.3) is 0 Å². The van der Waals surface area contributed by atoms with Crippen LogP contribution in [0.1, 0.15) is 20.8 Å². The summed E-state index contributed by atoms with van der Waals surface area (Å²) >= 11 is 1.20. The van der Waals surface area contributed by atoms with Gasteiger partial charge in [-0.15, -0.1) is 11.3 Å². The standard InChI is InChI=1S/C15H24N4O4S2/c1-11(2)16-15(21)17-14(20)12(3)18-6-8-19(9-7-18)25(22,23)13-5-4-10-24-13/h4-5,10-12H,6-9H2,1-3H3,(H2,16,17,20,21)/t12-/m1/s1. The van der Waals surface area contributed by atoms with Crippen LogP contribution < -0.4 is 10.6 Å². The van der Waals surface area contributed by atoms with Crippen molar-refractivity contribution >= 4 is 33.3 Å². The number of carbonyl (C=O) groups excluding carboxylic acids is 2. The summed E-state index contributed by atoms with van der Waals surface area (Å²) in [6.07, 6.45) is 0. The minimum Gasteiger partial charge on any atom is -0.336 e. The number of hydrogen-bond acceptors (Lipinski definition) is 6. The Kier molecular flexibility index (Phi) is 6.55. The molecule has 0 unspecified atom stereocenters. The van der Waals surface area contributed by atoms with Crippen molar-refractivity contribution in [3.8, 4) is 0 Å². The Bertz CT molecular complexity index is 695. The number of hydrogen-bond donors (Lipinski definition) is 2. The maximum atomic E-state index is 12.5. The van der Waals surface area contributed by atoms with Gasteiger partial charge in [0.05, 0.1) is 6.04 Å². The van der Waals surface area contributed by atoms with Gasteiger partial charge in [0.15, 0.2) is 0 Å². The second-order valence-corrected chi connectivity index (χ2v) is 9.28. The Balaban J connectivity index is 1.89. The Morgan fingerprint density at radius 1 is 1.16 bits per heavy atom. The molecule has 1 aromatic rings. The Morgan fingerprint density at radius 3 is 2.32 bits per heavy atom. The molecule has 1 atom stereocenters. The maximum absolute atomic E-state index is 12.5. The van der Waals surface area contributed by atoms with Gasteiger partial charge in [0, 0.05) is 32.2 Å². The van der Waals surface area contributed by atoms with Gasteiger partial charge in [-0.1, -0.05) is 6.07 Å². The molecule has 2 heterocycles. The van der Waals surface area contributed by atoms with Crippen LogP contribution in [0.3, 0.4) is 0 Å². The van der Waals surface area contributed by atoms with Crippen LogP contribution in [0.15, 0.2) is 21.7 Å². The number of nitrogens with one attached hydrogen (secondary N) is 2. The number of sulfonamides is 1. The van der Waals surface area contributed by atoms with Crippen LogP contribution in [0.5, 0.6) is 0 Å². The predicted octanol–water partition coefficient (Wildman–Crippen LogP) is 0.677. The minimum absolute atomic E-state index is 0.0610. The van der Waals surface area contributed by atoms with Crippen molar-refractivity contribution in [2.24, 2.45) is 0 Å². The minimum atomic E-state index is -3.46. The first-order valence-electron chi connectivity index (χ1n) is 8.11. The summed E-state index contributed by atoms with van der Waals surface area (Å²) in [4.78, 5) is 25.6. The molecule has 0 spiro atoms. The lowest BCUT2D eigenvalue weighted by atomic mass is 10.2.